The summed E-state index contributed by atoms with van der Waals surface area (Å²) < 4.78 is 41.3. The van der Waals surface area contributed by atoms with E-state index in [2.05, 4.69) is 20.9 Å². The molecule has 0 amide bonds. The first-order valence-electron chi connectivity index (χ1n) is 5.91. The summed E-state index contributed by atoms with van der Waals surface area (Å²) in [6.07, 6.45) is 0. The zero-order chi connectivity index (χ0) is 15.0. The molecule has 3 aromatic rings. The van der Waals surface area contributed by atoms with Gasteiger partial charge in [0.1, 0.15) is 22.5 Å². The Morgan fingerprint density at radius 3 is 2.33 bits per heavy atom. The number of halogens is 4. The van der Waals surface area contributed by atoms with E-state index in [-0.39, 0.29) is 10.6 Å². The van der Waals surface area contributed by atoms with Gasteiger partial charge >= 0.3 is 0 Å². The molecule has 1 nitrogen and oxygen atoms in total. The van der Waals surface area contributed by atoms with Crippen molar-refractivity contribution in [2.24, 2.45) is 0 Å². The van der Waals surface area contributed by atoms with Gasteiger partial charge in [-0.1, -0.05) is 34.1 Å². The normalized spacial score (nSPS) is 10.9. The minimum atomic E-state index is -0.958. The van der Waals surface area contributed by atoms with E-state index in [0.717, 1.165) is 21.4 Å². The minimum absolute atomic E-state index is 0.177. The predicted molar refractivity (Wildman–Crippen MR) is 80.6 cm³/mol. The predicted octanol–water partition coefficient (Wildman–Crippen LogP) is 5.66. The quantitative estimate of drug-likeness (QED) is 0.568. The highest BCUT2D eigenvalue weighted by atomic mass is 79.9. The van der Waals surface area contributed by atoms with Crippen LogP contribution in [0.25, 0.3) is 21.8 Å². The van der Waals surface area contributed by atoms with Gasteiger partial charge in [-0.3, -0.25) is 0 Å². The van der Waals surface area contributed by atoms with Crippen molar-refractivity contribution < 1.29 is 13.2 Å². The summed E-state index contributed by atoms with van der Waals surface area (Å²) in [7, 11) is 0. The Morgan fingerprint density at radius 2 is 1.67 bits per heavy atom. The number of hydrogen-bond acceptors (Lipinski definition) is 2. The van der Waals surface area contributed by atoms with Crippen LogP contribution in [-0.2, 0) is 0 Å². The number of thiazole rings is 1. The number of hydrogen-bond donors (Lipinski definition) is 0. The third-order valence-electron chi connectivity index (χ3n) is 2.87. The molecule has 1 heterocycles. The van der Waals surface area contributed by atoms with Crippen LogP contribution < -0.4 is 0 Å². The average Bonchev–Trinajstić information content (AvgIpc) is 2.87. The summed E-state index contributed by atoms with van der Waals surface area (Å²) in [5, 5.41) is 1.88. The fraction of sp³-hybridized carbons (Fsp3) is 0. The van der Waals surface area contributed by atoms with Crippen molar-refractivity contribution in [3.05, 3.63) is 63.7 Å². The van der Waals surface area contributed by atoms with Crippen molar-refractivity contribution in [3.63, 3.8) is 0 Å². The summed E-state index contributed by atoms with van der Waals surface area (Å²) in [5.41, 5.74) is 1.12. The van der Waals surface area contributed by atoms with Crippen LogP contribution in [0.15, 0.2) is 46.3 Å². The standard InChI is InChI=1S/C15H7BrF3NS/c16-10-4-2-1-3-9(10)13-7-21-15(20-13)14-11(18)5-8(17)6-12(14)19/h1-7H. The number of nitrogens with zero attached hydrogens (tertiary/aromatic N) is 1. The lowest BCUT2D eigenvalue weighted by Crippen LogP contribution is -1.92. The van der Waals surface area contributed by atoms with E-state index in [9.17, 15) is 13.2 Å². The third-order valence-corrected chi connectivity index (χ3v) is 4.43. The van der Waals surface area contributed by atoms with Crippen molar-refractivity contribution in [2.75, 3.05) is 0 Å². The maximum Gasteiger partial charge on any atom is 0.139 e. The van der Waals surface area contributed by atoms with E-state index in [1.807, 2.05) is 24.3 Å². The largest absolute Gasteiger partial charge is 0.236 e. The maximum atomic E-state index is 13.8. The van der Waals surface area contributed by atoms with E-state index in [0.29, 0.717) is 17.8 Å². The molecular weight excluding hydrogens is 363 g/mol. The van der Waals surface area contributed by atoms with Gasteiger partial charge in [0, 0.05) is 27.5 Å². The second kappa shape index (κ2) is 5.61. The van der Waals surface area contributed by atoms with E-state index < -0.39 is 17.5 Å². The fourth-order valence-corrected chi connectivity index (χ4v) is 3.28. The molecule has 0 radical (unpaired) electrons. The maximum absolute atomic E-state index is 13.8. The Morgan fingerprint density at radius 1 is 1.00 bits per heavy atom. The topological polar surface area (TPSA) is 12.9 Å². The first-order chi connectivity index (χ1) is 10.1. The summed E-state index contributed by atoms with van der Waals surface area (Å²) >= 11 is 4.51. The highest BCUT2D eigenvalue weighted by molar-refractivity contribution is 9.10. The molecule has 0 fully saturated rings. The Kier molecular flexibility index (Phi) is 3.82. The molecule has 106 valence electrons. The second-order valence-electron chi connectivity index (χ2n) is 4.26. The number of aromatic nitrogens is 1. The van der Waals surface area contributed by atoms with Gasteiger partial charge in [0.05, 0.1) is 11.3 Å². The zero-order valence-electron chi connectivity index (χ0n) is 10.4. The van der Waals surface area contributed by atoms with Crippen molar-refractivity contribution in [2.45, 2.75) is 0 Å². The minimum Gasteiger partial charge on any atom is -0.236 e. The Labute approximate surface area is 131 Å². The zero-order valence-corrected chi connectivity index (χ0v) is 12.8. The van der Waals surface area contributed by atoms with Gasteiger partial charge in [-0.15, -0.1) is 11.3 Å². The third kappa shape index (κ3) is 2.73. The molecule has 0 N–H and O–H groups in total. The number of benzene rings is 2. The first-order valence-corrected chi connectivity index (χ1v) is 7.59. The molecule has 0 spiro atoms. The number of rotatable bonds is 2. The molecule has 6 heteroatoms. The highest BCUT2D eigenvalue weighted by Gasteiger charge is 2.17. The van der Waals surface area contributed by atoms with Gasteiger partial charge in [0.15, 0.2) is 0 Å². The molecule has 0 saturated heterocycles. The van der Waals surface area contributed by atoms with Crippen molar-refractivity contribution in [1.29, 1.82) is 0 Å². The monoisotopic (exact) mass is 369 g/mol. The first kappa shape index (κ1) is 14.3. The molecule has 0 bridgehead atoms. The summed E-state index contributed by atoms with van der Waals surface area (Å²) in [6.45, 7) is 0. The van der Waals surface area contributed by atoms with E-state index in [4.69, 9.17) is 0 Å². The lowest BCUT2D eigenvalue weighted by Gasteiger charge is -2.02. The van der Waals surface area contributed by atoms with Crippen LogP contribution in [0, 0.1) is 17.5 Å². The Bertz CT molecular complexity index is 793. The summed E-state index contributed by atoms with van der Waals surface area (Å²) in [6, 6.07) is 8.71. The summed E-state index contributed by atoms with van der Waals surface area (Å²) in [5.74, 6) is -2.86. The van der Waals surface area contributed by atoms with E-state index in [1.54, 1.807) is 5.38 Å². The van der Waals surface area contributed by atoms with Gasteiger partial charge < -0.3 is 0 Å². The smallest absolute Gasteiger partial charge is 0.139 e. The van der Waals surface area contributed by atoms with Gasteiger partial charge in [0.2, 0.25) is 0 Å². The van der Waals surface area contributed by atoms with Crippen molar-refractivity contribution in [1.82, 2.24) is 4.98 Å². The van der Waals surface area contributed by atoms with E-state index in [1.165, 1.54) is 0 Å². The lowest BCUT2D eigenvalue weighted by atomic mass is 10.1. The molecule has 0 aliphatic heterocycles. The molecule has 3 rings (SSSR count). The van der Waals surface area contributed by atoms with Crippen LogP contribution in [-0.4, -0.2) is 4.98 Å². The van der Waals surface area contributed by atoms with Gasteiger partial charge in [-0.25, -0.2) is 18.2 Å². The Hall–Kier alpha value is -1.66. The van der Waals surface area contributed by atoms with E-state index >= 15 is 0 Å². The van der Waals surface area contributed by atoms with Crippen molar-refractivity contribution >= 4 is 27.3 Å². The second-order valence-corrected chi connectivity index (χ2v) is 5.97. The van der Waals surface area contributed by atoms with Gasteiger partial charge in [-0.05, 0) is 6.07 Å². The lowest BCUT2D eigenvalue weighted by molar-refractivity contribution is 0.548. The molecular formula is C15H7BrF3NS. The summed E-state index contributed by atoms with van der Waals surface area (Å²) in [4.78, 5) is 4.25. The van der Waals surface area contributed by atoms with Crippen LogP contribution >= 0.6 is 27.3 Å². The van der Waals surface area contributed by atoms with Crippen LogP contribution in [0.2, 0.25) is 0 Å². The molecule has 0 saturated carbocycles. The average molecular weight is 370 g/mol. The van der Waals surface area contributed by atoms with Crippen LogP contribution in [0.5, 0.6) is 0 Å². The van der Waals surface area contributed by atoms with Crippen LogP contribution in [0.4, 0.5) is 13.2 Å². The molecule has 21 heavy (non-hydrogen) atoms. The molecule has 0 atom stereocenters. The van der Waals surface area contributed by atoms with Crippen LogP contribution in [0.1, 0.15) is 0 Å². The SMILES string of the molecule is Fc1cc(F)c(-c2nc(-c3ccccc3Br)cs2)c(F)c1. The van der Waals surface area contributed by atoms with Crippen LogP contribution in [0.3, 0.4) is 0 Å². The molecule has 2 aromatic carbocycles. The van der Waals surface area contributed by atoms with Gasteiger partial charge in [0.25, 0.3) is 0 Å². The molecule has 0 aliphatic rings. The molecule has 0 aliphatic carbocycles. The fourth-order valence-electron chi connectivity index (χ4n) is 1.93. The highest BCUT2D eigenvalue weighted by Crippen LogP contribution is 2.34. The van der Waals surface area contributed by atoms with Crippen molar-refractivity contribution in [3.8, 4) is 21.8 Å². The molecule has 0 unspecified atom stereocenters. The van der Waals surface area contributed by atoms with Gasteiger partial charge in [-0.2, -0.15) is 0 Å². The molecule has 1 aromatic heterocycles. The Balaban J connectivity index is 2.10.